The Morgan fingerprint density at radius 2 is 2.16 bits per heavy atom. The first kappa shape index (κ1) is 17.6. The molecule has 134 valence electrons. The van der Waals surface area contributed by atoms with E-state index in [-0.39, 0.29) is 34.7 Å². The lowest BCUT2D eigenvalue weighted by molar-refractivity contribution is 0.0521. The molecular formula is C19H23NO5. The van der Waals surface area contributed by atoms with Gasteiger partial charge in [-0.25, -0.2) is 4.79 Å². The van der Waals surface area contributed by atoms with E-state index in [1.54, 1.807) is 6.92 Å². The minimum absolute atomic E-state index is 0.0122. The summed E-state index contributed by atoms with van der Waals surface area (Å²) in [7, 11) is 0. The fourth-order valence-electron chi connectivity index (χ4n) is 3.45. The van der Waals surface area contributed by atoms with E-state index in [2.05, 4.69) is 4.98 Å². The van der Waals surface area contributed by atoms with Gasteiger partial charge in [0.2, 0.25) is 0 Å². The van der Waals surface area contributed by atoms with Crippen LogP contribution in [0.25, 0.3) is 5.57 Å². The van der Waals surface area contributed by atoms with Gasteiger partial charge in [-0.15, -0.1) is 0 Å². The van der Waals surface area contributed by atoms with Gasteiger partial charge in [-0.3, -0.25) is 9.78 Å². The second-order valence-corrected chi connectivity index (χ2v) is 7.22. The molecule has 6 heteroatoms. The number of carbonyl (C=O) groups is 2. The third-order valence-electron chi connectivity index (χ3n) is 4.56. The summed E-state index contributed by atoms with van der Waals surface area (Å²) in [5.74, 6) is -1.14. The number of Topliss-reactive ketones (excluding diaryl/α,β-unsaturated/α-hetero) is 1. The van der Waals surface area contributed by atoms with Crippen LogP contribution in [0.1, 0.15) is 65.7 Å². The summed E-state index contributed by atoms with van der Waals surface area (Å²) >= 11 is 0. The second kappa shape index (κ2) is 6.59. The van der Waals surface area contributed by atoms with Gasteiger partial charge in [0, 0.05) is 6.42 Å². The van der Waals surface area contributed by atoms with Crippen molar-refractivity contribution in [3.8, 4) is 5.75 Å². The summed E-state index contributed by atoms with van der Waals surface area (Å²) in [5, 5.41) is 10.8. The van der Waals surface area contributed by atoms with Crippen molar-refractivity contribution in [1.82, 2.24) is 4.98 Å². The molecule has 1 aliphatic heterocycles. The predicted octanol–water partition coefficient (Wildman–Crippen LogP) is 2.92. The van der Waals surface area contributed by atoms with Crippen LogP contribution < -0.4 is 0 Å². The number of aromatic hydroxyl groups is 1. The van der Waals surface area contributed by atoms with Crippen LogP contribution in [0.4, 0.5) is 0 Å². The van der Waals surface area contributed by atoms with Crippen LogP contribution in [0.2, 0.25) is 0 Å². The molecule has 0 atom stereocenters. The maximum atomic E-state index is 12.6. The fraction of sp³-hybridized carbons (Fsp3) is 0.526. The van der Waals surface area contributed by atoms with Gasteiger partial charge in [0.25, 0.3) is 0 Å². The largest absolute Gasteiger partial charge is 0.506 e. The first-order valence-electron chi connectivity index (χ1n) is 8.57. The zero-order valence-electron chi connectivity index (χ0n) is 14.8. The van der Waals surface area contributed by atoms with Crippen molar-refractivity contribution in [3.63, 3.8) is 0 Å². The van der Waals surface area contributed by atoms with Gasteiger partial charge in [0.15, 0.2) is 5.78 Å². The molecule has 6 nitrogen and oxygen atoms in total. The van der Waals surface area contributed by atoms with Crippen LogP contribution >= 0.6 is 0 Å². The van der Waals surface area contributed by atoms with Crippen LogP contribution in [0.3, 0.4) is 0 Å². The van der Waals surface area contributed by atoms with Crippen molar-refractivity contribution in [2.24, 2.45) is 5.41 Å². The highest BCUT2D eigenvalue weighted by atomic mass is 16.5. The van der Waals surface area contributed by atoms with E-state index in [1.165, 1.54) is 0 Å². The zero-order valence-corrected chi connectivity index (χ0v) is 14.8. The molecule has 3 rings (SSSR count). The molecule has 0 saturated heterocycles. The summed E-state index contributed by atoms with van der Waals surface area (Å²) in [6.07, 6.45) is 3.33. The van der Waals surface area contributed by atoms with E-state index < -0.39 is 5.97 Å². The first-order chi connectivity index (χ1) is 11.8. The number of aromatic nitrogens is 1. The molecule has 0 radical (unpaired) electrons. The Hall–Kier alpha value is -2.21. The first-order valence-corrected chi connectivity index (χ1v) is 8.57. The number of rotatable bonds is 3. The molecule has 1 aliphatic carbocycles. The van der Waals surface area contributed by atoms with Gasteiger partial charge >= 0.3 is 5.97 Å². The molecule has 1 N–H and O–H groups in total. The predicted molar refractivity (Wildman–Crippen MR) is 91.7 cm³/mol. The smallest absolute Gasteiger partial charge is 0.344 e. The summed E-state index contributed by atoms with van der Waals surface area (Å²) in [6.45, 7) is 6.83. The van der Waals surface area contributed by atoms with Gasteiger partial charge in [0.1, 0.15) is 11.3 Å². The second-order valence-electron chi connectivity index (χ2n) is 7.22. The molecule has 0 fully saturated rings. The topological polar surface area (TPSA) is 85.7 Å². The van der Waals surface area contributed by atoms with Crippen LogP contribution in [0.5, 0.6) is 5.75 Å². The fourth-order valence-corrected chi connectivity index (χ4v) is 3.45. The Labute approximate surface area is 146 Å². The molecule has 0 aromatic carbocycles. The number of nitrogens with zero attached hydrogens (tertiary/aromatic N) is 1. The third kappa shape index (κ3) is 3.31. The minimum Gasteiger partial charge on any atom is -0.506 e. The number of esters is 1. The van der Waals surface area contributed by atoms with Crippen molar-refractivity contribution in [1.29, 1.82) is 0 Å². The summed E-state index contributed by atoms with van der Waals surface area (Å²) in [6, 6.07) is 0. The van der Waals surface area contributed by atoms with Gasteiger partial charge in [0.05, 0.1) is 36.8 Å². The maximum absolute atomic E-state index is 12.6. The minimum atomic E-state index is -0.657. The Morgan fingerprint density at radius 3 is 2.80 bits per heavy atom. The number of ketones is 1. The highest BCUT2D eigenvalue weighted by Crippen LogP contribution is 2.41. The molecule has 0 spiro atoms. The number of fused-ring (bicyclic) bond motifs is 1. The lowest BCUT2D eigenvalue weighted by Gasteiger charge is -2.31. The van der Waals surface area contributed by atoms with Crippen molar-refractivity contribution in [2.75, 3.05) is 19.8 Å². The van der Waals surface area contributed by atoms with Gasteiger partial charge in [-0.05, 0) is 30.8 Å². The summed E-state index contributed by atoms with van der Waals surface area (Å²) in [5.41, 5.74) is 1.72. The molecule has 1 aromatic heterocycles. The normalized spacial score (nSPS) is 19.2. The van der Waals surface area contributed by atoms with Crippen molar-refractivity contribution < 1.29 is 24.2 Å². The Balaban J connectivity index is 2.22. The van der Waals surface area contributed by atoms with E-state index in [0.29, 0.717) is 43.9 Å². The average Bonchev–Trinajstić information content (AvgIpc) is 2.53. The lowest BCUT2D eigenvalue weighted by atomic mass is 9.75. The number of hydrogen-bond donors (Lipinski definition) is 1. The van der Waals surface area contributed by atoms with Crippen LogP contribution in [-0.2, 0) is 15.9 Å². The SMILES string of the molecule is CCOC(=O)c1c(C2=CCOCC2)nc2c(c1O)C(=O)CC(C)(C)C2. The highest BCUT2D eigenvalue weighted by molar-refractivity contribution is 6.06. The van der Waals surface area contributed by atoms with Crippen molar-refractivity contribution >= 4 is 17.3 Å². The van der Waals surface area contributed by atoms with Crippen molar-refractivity contribution in [3.05, 3.63) is 28.6 Å². The van der Waals surface area contributed by atoms with Crippen LogP contribution in [-0.4, -0.2) is 41.7 Å². The van der Waals surface area contributed by atoms with Gasteiger partial charge < -0.3 is 14.6 Å². The van der Waals surface area contributed by atoms with E-state index in [0.717, 1.165) is 5.57 Å². The van der Waals surface area contributed by atoms with Gasteiger partial charge in [-0.1, -0.05) is 19.9 Å². The molecule has 0 amide bonds. The van der Waals surface area contributed by atoms with Crippen LogP contribution in [0.15, 0.2) is 6.08 Å². The van der Waals surface area contributed by atoms with E-state index in [1.807, 2.05) is 19.9 Å². The molecule has 2 aliphatic rings. The molecule has 0 unspecified atom stereocenters. The average molecular weight is 345 g/mol. The Morgan fingerprint density at radius 1 is 1.40 bits per heavy atom. The number of ether oxygens (including phenoxy) is 2. The van der Waals surface area contributed by atoms with Crippen molar-refractivity contribution in [2.45, 2.75) is 40.0 Å². The van der Waals surface area contributed by atoms with Crippen LogP contribution in [0, 0.1) is 5.41 Å². The number of hydrogen-bond acceptors (Lipinski definition) is 6. The van der Waals surface area contributed by atoms with Gasteiger partial charge in [-0.2, -0.15) is 0 Å². The summed E-state index contributed by atoms with van der Waals surface area (Å²) < 4.78 is 10.4. The van der Waals surface area contributed by atoms with E-state index in [9.17, 15) is 14.7 Å². The molecular weight excluding hydrogens is 322 g/mol. The Kier molecular flexibility index (Phi) is 4.64. The zero-order chi connectivity index (χ0) is 18.2. The monoisotopic (exact) mass is 345 g/mol. The maximum Gasteiger partial charge on any atom is 0.344 e. The quantitative estimate of drug-likeness (QED) is 0.848. The van der Waals surface area contributed by atoms with E-state index in [4.69, 9.17) is 9.47 Å². The third-order valence-corrected chi connectivity index (χ3v) is 4.56. The molecule has 2 heterocycles. The molecule has 1 aromatic rings. The number of pyridine rings is 1. The molecule has 0 bridgehead atoms. The molecule has 25 heavy (non-hydrogen) atoms. The number of carbonyl (C=O) groups excluding carboxylic acids is 2. The van der Waals surface area contributed by atoms with E-state index >= 15 is 0 Å². The highest BCUT2D eigenvalue weighted by Gasteiger charge is 2.37. The standard InChI is InChI=1S/C19H23NO5/c1-4-25-18(23)15-16(11-5-7-24-8-6-11)20-12-9-19(2,3)10-13(21)14(12)17(15)22/h5H,4,6-10H2,1-3H3,(H,20,22). The Bertz CT molecular complexity index is 764. The molecule has 0 saturated carbocycles. The lowest BCUT2D eigenvalue weighted by Crippen LogP contribution is -2.29. The summed E-state index contributed by atoms with van der Waals surface area (Å²) in [4.78, 5) is 29.7.